The molecule has 2 aliphatic rings. The lowest BCUT2D eigenvalue weighted by atomic mass is 9.99. The second-order valence-corrected chi connectivity index (χ2v) is 7.27. The Morgan fingerprint density at radius 1 is 1.04 bits per heavy atom. The standard InChI is InChI=1S/C22H24N2O2/c25-21-10-5-12-23(21)15-17-6-4-9-19(14-17)22(26)24-13-11-20(16-24)18-7-2-1-3-8-18/h1-4,6-9,14,20H,5,10-13,15-16H2. The maximum Gasteiger partial charge on any atom is 0.253 e. The molecule has 0 saturated carbocycles. The van der Waals surface area contributed by atoms with Gasteiger partial charge < -0.3 is 9.80 Å². The number of amides is 2. The molecule has 0 aromatic heterocycles. The van der Waals surface area contributed by atoms with Gasteiger partial charge in [-0.1, -0.05) is 42.5 Å². The first-order valence-corrected chi connectivity index (χ1v) is 9.41. The summed E-state index contributed by atoms with van der Waals surface area (Å²) in [5, 5.41) is 0. The molecule has 134 valence electrons. The molecule has 0 bridgehead atoms. The van der Waals surface area contributed by atoms with Crippen molar-refractivity contribution < 1.29 is 9.59 Å². The maximum absolute atomic E-state index is 12.9. The number of likely N-dealkylation sites (tertiary alicyclic amines) is 2. The fourth-order valence-electron chi connectivity index (χ4n) is 4.02. The van der Waals surface area contributed by atoms with E-state index in [2.05, 4.69) is 24.3 Å². The van der Waals surface area contributed by atoms with Crippen molar-refractivity contribution in [2.45, 2.75) is 31.7 Å². The van der Waals surface area contributed by atoms with Gasteiger partial charge in [0.1, 0.15) is 0 Å². The van der Waals surface area contributed by atoms with Gasteiger partial charge >= 0.3 is 0 Å². The predicted octanol–water partition coefficient (Wildman–Crippen LogP) is 3.44. The van der Waals surface area contributed by atoms with Gasteiger partial charge in [0.25, 0.3) is 5.91 Å². The fraction of sp³-hybridized carbons (Fsp3) is 0.364. The largest absolute Gasteiger partial charge is 0.338 e. The van der Waals surface area contributed by atoms with E-state index in [0.717, 1.165) is 43.6 Å². The molecule has 0 radical (unpaired) electrons. The van der Waals surface area contributed by atoms with E-state index in [4.69, 9.17) is 0 Å². The second-order valence-electron chi connectivity index (χ2n) is 7.27. The molecular weight excluding hydrogens is 324 g/mol. The van der Waals surface area contributed by atoms with E-state index in [1.54, 1.807) is 0 Å². The smallest absolute Gasteiger partial charge is 0.253 e. The van der Waals surface area contributed by atoms with Gasteiger partial charge in [0.2, 0.25) is 5.91 Å². The number of benzene rings is 2. The summed E-state index contributed by atoms with van der Waals surface area (Å²) in [5.41, 5.74) is 3.07. The van der Waals surface area contributed by atoms with Crippen molar-refractivity contribution in [3.8, 4) is 0 Å². The third kappa shape index (κ3) is 3.50. The van der Waals surface area contributed by atoms with Gasteiger partial charge in [-0.05, 0) is 36.1 Å². The molecular formula is C22H24N2O2. The number of carbonyl (C=O) groups excluding carboxylic acids is 2. The SMILES string of the molecule is O=C1CCCN1Cc1cccc(C(=O)N2CCC(c3ccccc3)C2)c1. The Labute approximate surface area is 154 Å². The van der Waals surface area contributed by atoms with Crippen LogP contribution in [-0.2, 0) is 11.3 Å². The highest BCUT2D eigenvalue weighted by atomic mass is 16.2. The normalized spacial score (nSPS) is 20.0. The molecule has 2 heterocycles. The second kappa shape index (κ2) is 7.32. The van der Waals surface area contributed by atoms with E-state index < -0.39 is 0 Å². The van der Waals surface area contributed by atoms with Gasteiger partial charge in [-0.15, -0.1) is 0 Å². The molecule has 2 aromatic rings. The van der Waals surface area contributed by atoms with E-state index in [1.165, 1.54) is 5.56 Å². The lowest BCUT2D eigenvalue weighted by Gasteiger charge is -2.19. The van der Waals surface area contributed by atoms with Crippen LogP contribution in [0.4, 0.5) is 0 Å². The third-order valence-electron chi connectivity index (χ3n) is 5.47. The summed E-state index contributed by atoms with van der Waals surface area (Å²) in [6.07, 6.45) is 2.59. The van der Waals surface area contributed by atoms with E-state index >= 15 is 0 Å². The summed E-state index contributed by atoms with van der Waals surface area (Å²) in [5.74, 6) is 0.732. The van der Waals surface area contributed by atoms with Crippen LogP contribution in [0.2, 0.25) is 0 Å². The molecule has 2 aliphatic heterocycles. The first-order valence-electron chi connectivity index (χ1n) is 9.41. The van der Waals surface area contributed by atoms with Crippen LogP contribution in [0.3, 0.4) is 0 Å². The zero-order valence-corrected chi connectivity index (χ0v) is 14.9. The van der Waals surface area contributed by atoms with Crippen LogP contribution in [0.1, 0.15) is 46.7 Å². The van der Waals surface area contributed by atoms with Gasteiger partial charge in [0, 0.05) is 44.1 Å². The van der Waals surface area contributed by atoms with Crippen LogP contribution in [0.5, 0.6) is 0 Å². The van der Waals surface area contributed by atoms with E-state index in [1.807, 2.05) is 40.1 Å². The van der Waals surface area contributed by atoms with Gasteiger partial charge in [-0.3, -0.25) is 9.59 Å². The molecule has 4 heteroatoms. The molecule has 0 N–H and O–H groups in total. The number of nitrogens with zero attached hydrogens (tertiary/aromatic N) is 2. The lowest BCUT2D eigenvalue weighted by Crippen LogP contribution is -2.29. The number of rotatable bonds is 4. The minimum absolute atomic E-state index is 0.0954. The summed E-state index contributed by atoms with van der Waals surface area (Å²) < 4.78 is 0. The van der Waals surface area contributed by atoms with Crippen molar-refractivity contribution in [3.63, 3.8) is 0 Å². The van der Waals surface area contributed by atoms with Crippen LogP contribution >= 0.6 is 0 Å². The molecule has 1 unspecified atom stereocenters. The highest BCUT2D eigenvalue weighted by Crippen LogP contribution is 2.28. The Kier molecular flexibility index (Phi) is 4.74. The van der Waals surface area contributed by atoms with Crippen molar-refractivity contribution in [1.29, 1.82) is 0 Å². The minimum Gasteiger partial charge on any atom is -0.338 e. The highest BCUT2D eigenvalue weighted by molar-refractivity contribution is 5.94. The summed E-state index contributed by atoms with van der Waals surface area (Å²) >= 11 is 0. The summed E-state index contributed by atoms with van der Waals surface area (Å²) in [4.78, 5) is 28.6. The Balaban J connectivity index is 1.43. The quantitative estimate of drug-likeness (QED) is 0.849. The zero-order chi connectivity index (χ0) is 17.9. The van der Waals surface area contributed by atoms with Crippen molar-refractivity contribution in [2.24, 2.45) is 0 Å². The average Bonchev–Trinajstić information content (AvgIpc) is 3.32. The molecule has 1 atom stereocenters. The minimum atomic E-state index is 0.0954. The van der Waals surface area contributed by atoms with Crippen LogP contribution in [0, 0.1) is 0 Å². The van der Waals surface area contributed by atoms with Gasteiger partial charge in [-0.2, -0.15) is 0 Å². The first-order chi connectivity index (χ1) is 12.7. The van der Waals surface area contributed by atoms with Crippen molar-refractivity contribution in [2.75, 3.05) is 19.6 Å². The van der Waals surface area contributed by atoms with E-state index in [9.17, 15) is 9.59 Å². The fourth-order valence-corrected chi connectivity index (χ4v) is 4.02. The molecule has 2 amide bonds. The first kappa shape index (κ1) is 16.8. The lowest BCUT2D eigenvalue weighted by molar-refractivity contribution is -0.128. The Bertz CT molecular complexity index is 803. The van der Waals surface area contributed by atoms with Crippen LogP contribution in [0.25, 0.3) is 0 Å². The zero-order valence-electron chi connectivity index (χ0n) is 14.9. The van der Waals surface area contributed by atoms with Crippen LogP contribution in [-0.4, -0.2) is 41.2 Å². The molecule has 4 nitrogen and oxygen atoms in total. The Morgan fingerprint density at radius 2 is 1.88 bits per heavy atom. The number of hydrogen-bond acceptors (Lipinski definition) is 2. The maximum atomic E-state index is 12.9. The molecule has 0 spiro atoms. The highest BCUT2D eigenvalue weighted by Gasteiger charge is 2.28. The summed E-state index contributed by atoms with van der Waals surface area (Å²) in [6, 6.07) is 18.2. The monoisotopic (exact) mass is 348 g/mol. The topological polar surface area (TPSA) is 40.6 Å². The predicted molar refractivity (Wildman–Crippen MR) is 101 cm³/mol. The van der Waals surface area contributed by atoms with Crippen molar-refractivity contribution in [3.05, 3.63) is 71.3 Å². The molecule has 26 heavy (non-hydrogen) atoms. The van der Waals surface area contributed by atoms with E-state index in [0.29, 0.717) is 18.9 Å². The molecule has 4 rings (SSSR count). The number of hydrogen-bond donors (Lipinski definition) is 0. The van der Waals surface area contributed by atoms with Crippen molar-refractivity contribution >= 4 is 11.8 Å². The summed E-state index contributed by atoms with van der Waals surface area (Å²) in [7, 11) is 0. The van der Waals surface area contributed by atoms with Gasteiger partial charge in [-0.25, -0.2) is 0 Å². The van der Waals surface area contributed by atoms with Gasteiger partial charge in [0.15, 0.2) is 0 Å². The summed E-state index contributed by atoms with van der Waals surface area (Å²) in [6.45, 7) is 3.00. The van der Waals surface area contributed by atoms with Crippen LogP contribution in [0.15, 0.2) is 54.6 Å². The Morgan fingerprint density at radius 3 is 2.65 bits per heavy atom. The molecule has 2 saturated heterocycles. The van der Waals surface area contributed by atoms with Gasteiger partial charge in [0.05, 0.1) is 0 Å². The van der Waals surface area contributed by atoms with E-state index in [-0.39, 0.29) is 11.8 Å². The molecule has 0 aliphatic carbocycles. The average molecular weight is 348 g/mol. The Hall–Kier alpha value is -2.62. The third-order valence-corrected chi connectivity index (χ3v) is 5.47. The number of carbonyl (C=O) groups is 2. The van der Waals surface area contributed by atoms with Crippen LogP contribution < -0.4 is 0 Å². The van der Waals surface area contributed by atoms with Crippen molar-refractivity contribution in [1.82, 2.24) is 9.80 Å². The molecule has 2 aromatic carbocycles. The molecule has 2 fully saturated rings.